The molecule has 1 fully saturated rings. The Balaban J connectivity index is 2.05. The fourth-order valence-electron chi connectivity index (χ4n) is 3.02. The van der Waals surface area contributed by atoms with Crippen molar-refractivity contribution in [2.75, 3.05) is 53.0 Å². The van der Waals surface area contributed by atoms with Crippen LogP contribution in [0, 0.1) is 0 Å². The minimum Gasteiger partial charge on any atom is -0.490 e. The smallest absolute Gasteiger partial charge is 0.317 e. The van der Waals surface area contributed by atoms with Crippen LogP contribution in [-0.4, -0.2) is 85.9 Å². The van der Waals surface area contributed by atoms with Crippen LogP contribution in [0.3, 0.4) is 0 Å². The summed E-state index contributed by atoms with van der Waals surface area (Å²) >= 11 is 0. The summed E-state index contributed by atoms with van der Waals surface area (Å²) < 4.78 is 16.8. The second-order valence-electron chi connectivity index (χ2n) is 6.36. The zero-order valence-corrected chi connectivity index (χ0v) is 16.1. The Morgan fingerprint density at radius 2 is 1.96 bits per heavy atom. The molecule has 2 rings (SSSR count). The lowest BCUT2D eigenvalue weighted by atomic mass is 10.1. The Bertz CT molecular complexity index is 651. The van der Waals surface area contributed by atoms with Gasteiger partial charge in [-0.1, -0.05) is 0 Å². The van der Waals surface area contributed by atoms with Gasteiger partial charge in [-0.3, -0.25) is 14.5 Å². The number of morpholine rings is 1. The number of hydrogen-bond donors (Lipinski definition) is 1. The number of benzene rings is 1. The van der Waals surface area contributed by atoms with Gasteiger partial charge in [0, 0.05) is 25.2 Å². The topological polar surface area (TPSA) is 88.5 Å². The number of carbonyl (C=O) groups excluding carboxylic acids is 1. The van der Waals surface area contributed by atoms with Crippen molar-refractivity contribution in [3.05, 3.63) is 23.8 Å². The average molecular weight is 380 g/mol. The fraction of sp³-hybridized carbons (Fsp3) is 0.579. The first-order valence-corrected chi connectivity index (χ1v) is 9.15. The Morgan fingerprint density at radius 3 is 2.63 bits per heavy atom. The standard InChI is InChI=1S/C19H28N2O6/c1-4-25-16-7-6-14(10-17(16)26-5-2)19(24)21-8-9-27-15(12-21)11-20(3)13-18(22)23/h6-7,10,15H,4-5,8-9,11-13H2,1-3H3,(H,22,23). The summed E-state index contributed by atoms with van der Waals surface area (Å²) in [7, 11) is 1.72. The second kappa shape index (κ2) is 10.1. The zero-order valence-electron chi connectivity index (χ0n) is 16.1. The van der Waals surface area contributed by atoms with Crippen molar-refractivity contribution in [1.82, 2.24) is 9.80 Å². The molecule has 1 amide bonds. The molecule has 1 aromatic carbocycles. The third-order valence-corrected chi connectivity index (χ3v) is 4.14. The lowest BCUT2D eigenvalue weighted by Crippen LogP contribution is -2.49. The highest BCUT2D eigenvalue weighted by atomic mass is 16.5. The molecule has 1 aromatic rings. The summed E-state index contributed by atoms with van der Waals surface area (Å²) in [5.41, 5.74) is 0.529. The molecule has 0 bridgehead atoms. The van der Waals surface area contributed by atoms with E-state index in [9.17, 15) is 9.59 Å². The zero-order chi connectivity index (χ0) is 19.8. The summed E-state index contributed by atoms with van der Waals surface area (Å²) in [6, 6.07) is 5.19. The third kappa shape index (κ3) is 6.11. The van der Waals surface area contributed by atoms with Crippen LogP contribution in [0.5, 0.6) is 11.5 Å². The normalized spacial score (nSPS) is 17.0. The molecule has 1 heterocycles. The molecule has 0 saturated carbocycles. The van der Waals surface area contributed by atoms with Crippen molar-refractivity contribution in [3.8, 4) is 11.5 Å². The number of aliphatic carboxylic acids is 1. The Morgan fingerprint density at radius 1 is 1.26 bits per heavy atom. The number of likely N-dealkylation sites (N-methyl/N-ethyl adjacent to an activating group) is 1. The van der Waals surface area contributed by atoms with Crippen LogP contribution in [0.4, 0.5) is 0 Å². The highest BCUT2D eigenvalue weighted by molar-refractivity contribution is 5.95. The summed E-state index contributed by atoms with van der Waals surface area (Å²) in [5.74, 6) is 0.175. The number of nitrogens with zero attached hydrogens (tertiary/aromatic N) is 2. The molecule has 8 heteroatoms. The van der Waals surface area contributed by atoms with E-state index < -0.39 is 5.97 Å². The number of ether oxygens (including phenoxy) is 3. The Kier molecular flexibility index (Phi) is 7.87. The van der Waals surface area contributed by atoms with E-state index in [1.807, 2.05) is 13.8 Å². The van der Waals surface area contributed by atoms with Crippen molar-refractivity contribution < 1.29 is 28.9 Å². The van der Waals surface area contributed by atoms with Crippen LogP contribution in [0.1, 0.15) is 24.2 Å². The summed E-state index contributed by atoms with van der Waals surface area (Å²) in [5, 5.41) is 8.86. The Hall–Kier alpha value is -2.32. The predicted octanol–water partition coefficient (Wildman–Crippen LogP) is 1.34. The van der Waals surface area contributed by atoms with Crippen LogP contribution in [0.15, 0.2) is 18.2 Å². The number of amides is 1. The monoisotopic (exact) mass is 380 g/mol. The van der Waals surface area contributed by atoms with Crippen LogP contribution in [0.25, 0.3) is 0 Å². The van der Waals surface area contributed by atoms with Crippen molar-refractivity contribution in [2.45, 2.75) is 20.0 Å². The predicted molar refractivity (Wildman–Crippen MR) is 99.6 cm³/mol. The minimum absolute atomic E-state index is 0.0651. The largest absolute Gasteiger partial charge is 0.490 e. The molecular weight excluding hydrogens is 352 g/mol. The van der Waals surface area contributed by atoms with Crippen molar-refractivity contribution in [3.63, 3.8) is 0 Å². The number of carboxylic acids is 1. The Labute approximate surface area is 159 Å². The maximum Gasteiger partial charge on any atom is 0.317 e. The van der Waals surface area contributed by atoms with Crippen molar-refractivity contribution in [2.24, 2.45) is 0 Å². The molecule has 27 heavy (non-hydrogen) atoms. The quantitative estimate of drug-likeness (QED) is 0.692. The van der Waals surface area contributed by atoms with Crippen LogP contribution in [-0.2, 0) is 9.53 Å². The lowest BCUT2D eigenvalue weighted by Gasteiger charge is -2.34. The molecule has 150 valence electrons. The van der Waals surface area contributed by atoms with E-state index >= 15 is 0 Å². The molecule has 1 aliphatic rings. The van der Waals surface area contributed by atoms with Crippen LogP contribution < -0.4 is 9.47 Å². The van der Waals surface area contributed by atoms with E-state index in [1.165, 1.54) is 0 Å². The van der Waals surface area contributed by atoms with Gasteiger partial charge in [0.05, 0.1) is 32.5 Å². The van der Waals surface area contributed by atoms with Gasteiger partial charge in [0.2, 0.25) is 0 Å². The van der Waals surface area contributed by atoms with E-state index in [2.05, 4.69) is 0 Å². The molecule has 1 saturated heterocycles. The van der Waals surface area contributed by atoms with Crippen LogP contribution >= 0.6 is 0 Å². The van der Waals surface area contributed by atoms with Crippen molar-refractivity contribution >= 4 is 11.9 Å². The molecule has 8 nitrogen and oxygen atoms in total. The van der Waals surface area contributed by atoms with Crippen LogP contribution in [0.2, 0.25) is 0 Å². The third-order valence-electron chi connectivity index (χ3n) is 4.14. The first-order chi connectivity index (χ1) is 12.9. The number of hydrogen-bond acceptors (Lipinski definition) is 6. The molecular formula is C19H28N2O6. The first-order valence-electron chi connectivity index (χ1n) is 9.15. The summed E-state index contributed by atoms with van der Waals surface area (Å²) in [6.45, 7) is 6.49. The van der Waals surface area contributed by atoms with Gasteiger partial charge < -0.3 is 24.2 Å². The molecule has 1 atom stereocenters. The summed E-state index contributed by atoms with van der Waals surface area (Å²) in [4.78, 5) is 27.1. The van der Waals surface area contributed by atoms with Gasteiger partial charge in [-0.25, -0.2) is 0 Å². The molecule has 1 aliphatic heterocycles. The highest BCUT2D eigenvalue weighted by Gasteiger charge is 2.27. The molecule has 1 N–H and O–H groups in total. The molecule has 0 aromatic heterocycles. The van der Waals surface area contributed by atoms with Gasteiger partial charge >= 0.3 is 5.97 Å². The number of carboxylic acid groups (broad SMARTS) is 1. The average Bonchev–Trinajstić information content (AvgIpc) is 2.62. The van der Waals surface area contributed by atoms with E-state index in [4.69, 9.17) is 19.3 Å². The van der Waals surface area contributed by atoms with Crippen molar-refractivity contribution in [1.29, 1.82) is 0 Å². The van der Waals surface area contributed by atoms with E-state index in [0.29, 0.717) is 56.5 Å². The van der Waals surface area contributed by atoms with Gasteiger partial charge in [-0.05, 0) is 39.1 Å². The maximum atomic E-state index is 12.9. The van der Waals surface area contributed by atoms with Gasteiger partial charge in [0.1, 0.15) is 0 Å². The molecule has 0 radical (unpaired) electrons. The highest BCUT2D eigenvalue weighted by Crippen LogP contribution is 2.29. The molecule has 1 unspecified atom stereocenters. The molecule has 0 spiro atoms. The molecule has 0 aliphatic carbocycles. The number of rotatable bonds is 9. The first kappa shape index (κ1) is 21.0. The maximum absolute atomic E-state index is 12.9. The number of carbonyl (C=O) groups is 2. The van der Waals surface area contributed by atoms with Gasteiger partial charge in [0.25, 0.3) is 5.91 Å². The van der Waals surface area contributed by atoms with E-state index in [1.54, 1.807) is 35.0 Å². The summed E-state index contributed by atoms with van der Waals surface area (Å²) in [6.07, 6.45) is -0.221. The van der Waals surface area contributed by atoms with Gasteiger partial charge in [0.15, 0.2) is 11.5 Å². The van der Waals surface area contributed by atoms with Gasteiger partial charge in [-0.2, -0.15) is 0 Å². The SMILES string of the molecule is CCOc1ccc(C(=O)N2CCOC(CN(C)CC(=O)O)C2)cc1OCC. The fourth-order valence-corrected chi connectivity index (χ4v) is 3.02. The second-order valence-corrected chi connectivity index (χ2v) is 6.36. The minimum atomic E-state index is -0.890. The lowest BCUT2D eigenvalue weighted by molar-refractivity contribution is -0.138. The van der Waals surface area contributed by atoms with E-state index in [-0.39, 0.29) is 18.6 Å². The van der Waals surface area contributed by atoms with E-state index in [0.717, 1.165) is 0 Å². The van der Waals surface area contributed by atoms with Gasteiger partial charge in [-0.15, -0.1) is 0 Å².